The monoisotopic (exact) mass is 550 g/mol. The van der Waals surface area contributed by atoms with Crippen molar-refractivity contribution < 1.29 is 0 Å². The molecule has 0 heterocycles. The molecule has 0 N–H and O–H groups in total. The summed E-state index contributed by atoms with van der Waals surface area (Å²) in [6, 6.07) is 36.9. The summed E-state index contributed by atoms with van der Waals surface area (Å²) in [5.74, 6) is 0. The van der Waals surface area contributed by atoms with Gasteiger partial charge in [0.1, 0.15) is 0 Å². The topological polar surface area (TPSA) is 0 Å². The van der Waals surface area contributed by atoms with Crippen LogP contribution >= 0.6 is 22.6 Å². The third-order valence-electron chi connectivity index (χ3n) is 6.59. The Labute approximate surface area is 216 Å². The van der Waals surface area contributed by atoms with Gasteiger partial charge in [0.25, 0.3) is 0 Å². The van der Waals surface area contributed by atoms with Gasteiger partial charge in [0.15, 0.2) is 0 Å². The fourth-order valence-electron chi connectivity index (χ4n) is 4.89. The number of hydrogen-bond donors (Lipinski definition) is 0. The van der Waals surface area contributed by atoms with E-state index in [1.807, 2.05) is 0 Å². The van der Waals surface area contributed by atoms with Gasteiger partial charge >= 0.3 is 0 Å². The lowest BCUT2D eigenvalue weighted by Gasteiger charge is -2.34. The van der Waals surface area contributed by atoms with Gasteiger partial charge in [-0.1, -0.05) is 127 Å². The molecule has 0 saturated heterocycles. The lowest BCUT2D eigenvalue weighted by Crippen LogP contribution is -2.26. The third-order valence-corrected chi connectivity index (χ3v) is 7.26. The standard InChI is InChI=1S/C24H19I.C9H8/c25-21-13-9-12-20(18-21)24(16-7-2-8-17-24)23-15-6-5-14-22(23)19-10-3-1-4-11-19;1-2-5-9-7-3-6-8(9)4-1/h1-16,18H,17H2;1-6H,7H2. The molecule has 0 aliphatic heterocycles. The Morgan fingerprint density at radius 1 is 0.676 bits per heavy atom. The maximum Gasteiger partial charge on any atom is 0.0425 e. The summed E-state index contributed by atoms with van der Waals surface area (Å²) in [5, 5.41) is 0. The quantitative estimate of drug-likeness (QED) is 0.223. The van der Waals surface area contributed by atoms with Crippen LogP contribution in [-0.4, -0.2) is 0 Å². The van der Waals surface area contributed by atoms with Crippen molar-refractivity contribution >= 4 is 28.7 Å². The van der Waals surface area contributed by atoms with Gasteiger partial charge in [-0.25, -0.2) is 0 Å². The molecule has 0 bridgehead atoms. The van der Waals surface area contributed by atoms with Crippen LogP contribution in [-0.2, 0) is 11.8 Å². The summed E-state index contributed by atoms with van der Waals surface area (Å²) in [4.78, 5) is 0. The SMILES string of the molecule is C1=Cc2ccccc2C1.Ic1cccc(C2(c3ccccc3-c3ccccc3)C=CC=CC2)c1. The number of halogens is 1. The first-order chi connectivity index (χ1) is 16.8. The summed E-state index contributed by atoms with van der Waals surface area (Å²) >= 11 is 2.41. The Bertz CT molecular complexity index is 1360. The molecule has 0 saturated carbocycles. The van der Waals surface area contributed by atoms with Crippen LogP contribution in [0, 0.1) is 3.57 Å². The number of benzene rings is 4. The summed E-state index contributed by atoms with van der Waals surface area (Å²) in [6.07, 6.45) is 15.5. The van der Waals surface area contributed by atoms with Crippen molar-refractivity contribution in [3.63, 3.8) is 0 Å². The van der Waals surface area contributed by atoms with Crippen molar-refractivity contribution in [2.24, 2.45) is 0 Å². The van der Waals surface area contributed by atoms with Crippen LogP contribution in [0.1, 0.15) is 28.7 Å². The van der Waals surface area contributed by atoms with E-state index in [1.165, 1.54) is 37.0 Å². The molecular weight excluding hydrogens is 523 g/mol. The van der Waals surface area contributed by atoms with Crippen molar-refractivity contribution in [3.05, 3.63) is 159 Å². The lowest BCUT2D eigenvalue weighted by atomic mass is 9.68. The number of fused-ring (bicyclic) bond motifs is 1. The van der Waals surface area contributed by atoms with Gasteiger partial charge in [0, 0.05) is 8.99 Å². The van der Waals surface area contributed by atoms with Crippen molar-refractivity contribution in [3.8, 4) is 11.1 Å². The van der Waals surface area contributed by atoms with Crippen LogP contribution in [0.15, 0.2) is 134 Å². The van der Waals surface area contributed by atoms with E-state index < -0.39 is 0 Å². The second kappa shape index (κ2) is 10.4. The van der Waals surface area contributed by atoms with E-state index in [2.05, 4.69) is 162 Å². The predicted octanol–water partition coefficient (Wildman–Crippen LogP) is 9.02. The molecule has 166 valence electrons. The summed E-state index contributed by atoms with van der Waals surface area (Å²) in [7, 11) is 0. The van der Waals surface area contributed by atoms with Gasteiger partial charge in [0.2, 0.25) is 0 Å². The molecule has 0 amide bonds. The molecule has 0 aromatic heterocycles. The highest BCUT2D eigenvalue weighted by Crippen LogP contribution is 2.44. The van der Waals surface area contributed by atoms with Crippen LogP contribution in [0.25, 0.3) is 17.2 Å². The third kappa shape index (κ3) is 4.71. The largest absolute Gasteiger partial charge is 0.0830 e. The molecule has 4 aromatic rings. The van der Waals surface area contributed by atoms with E-state index in [9.17, 15) is 0 Å². The molecule has 0 nitrogen and oxygen atoms in total. The van der Waals surface area contributed by atoms with Crippen LogP contribution in [0.3, 0.4) is 0 Å². The van der Waals surface area contributed by atoms with Crippen molar-refractivity contribution in [1.82, 2.24) is 0 Å². The van der Waals surface area contributed by atoms with Gasteiger partial charge in [-0.15, -0.1) is 0 Å². The van der Waals surface area contributed by atoms with E-state index in [0.29, 0.717) is 0 Å². The Hall–Kier alpha value is -3.17. The Morgan fingerprint density at radius 3 is 2.26 bits per heavy atom. The van der Waals surface area contributed by atoms with Crippen LogP contribution in [0.5, 0.6) is 0 Å². The summed E-state index contributed by atoms with van der Waals surface area (Å²) in [5.41, 5.74) is 8.01. The zero-order valence-electron chi connectivity index (χ0n) is 19.1. The first-order valence-electron chi connectivity index (χ1n) is 11.8. The minimum Gasteiger partial charge on any atom is -0.0830 e. The minimum atomic E-state index is -0.123. The molecule has 2 aliphatic rings. The molecular formula is C33H27I. The lowest BCUT2D eigenvalue weighted by molar-refractivity contribution is 0.649. The van der Waals surface area contributed by atoms with Crippen LogP contribution in [0.2, 0.25) is 0 Å². The molecule has 0 spiro atoms. The molecule has 6 rings (SSSR count). The fraction of sp³-hybridized carbons (Fsp3) is 0.0909. The molecule has 34 heavy (non-hydrogen) atoms. The Balaban J connectivity index is 0.000000222. The van der Waals surface area contributed by atoms with E-state index in [4.69, 9.17) is 0 Å². The van der Waals surface area contributed by atoms with Crippen molar-refractivity contribution in [1.29, 1.82) is 0 Å². The van der Waals surface area contributed by atoms with E-state index in [0.717, 1.165) is 12.8 Å². The first kappa shape index (κ1) is 22.6. The molecule has 2 aliphatic carbocycles. The predicted molar refractivity (Wildman–Crippen MR) is 154 cm³/mol. The van der Waals surface area contributed by atoms with Gasteiger partial charge < -0.3 is 0 Å². The highest BCUT2D eigenvalue weighted by Gasteiger charge is 2.33. The fourth-order valence-corrected chi connectivity index (χ4v) is 5.44. The molecule has 0 fully saturated rings. The van der Waals surface area contributed by atoms with Gasteiger partial charge in [-0.3, -0.25) is 0 Å². The smallest absolute Gasteiger partial charge is 0.0425 e. The Kier molecular flexibility index (Phi) is 6.92. The highest BCUT2D eigenvalue weighted by molar-refractivity contribution is 14.1. The van der Waals surface area contributed by atoms with Gasteiger partial charge in [-0.05, 0) is 80.9 Å². The second-order valence-corrected chi connectivity index (χ2v) is 9.94. The minimum absolute atomic E-state index is 0.123. The van der Waals surface area contributed by atoms with Gasteiger partial charge in [0.05, 0.1) is 0 Å². The number of allylic oxidation sites excluding steroid dienone is 5. The first-order valence-corrected chi connectivity index (χ1v) is 12.8. The van der Waals surface area contributed by atoms with Crippen molar-refractivity contribution in [2.45, 2.75) is 18.3 Å². The Morgan fingerprint density at radius 2 is 1.47 bits per heavy atom. The molecule has 1 heteroatoms. The normalized spacial score (nSPS) is 17.7. The van der Waals surface area contributed by atoms with Crippen LogP contribution in [0.4, 0.5) is 0 Å². The summed E-state index contributed by atoms with van der Waals surface area (Å²) in [6.45, 7) is 0. The average Bonchev–Trinajstić information content (AvgIpc) is 3.39. The van der Waals surface area contributed by atoms with Crippen LogP contribution < -0.4 is 0 Å². The van der Waals surface area contributed by atoms with E-state index in [-0.39, 0.29) is 5.41 Å². The molecule has 1 unspecified atom stereocenters. The molecule has 1 atom stereocenters. The average molecular weight is 550 g/mol. The molecule has 4 aromatic carbocycles. The summed E-state index contributed by atoms with van der Waals surface area (Å²) < 4.78 is 1.27. The number of rotatable bonds is 3. The molecule has 0 radical (unpaired) electrons. The number of hydrogen-bond acceptors (Lipinski definition) is 0. The second-order valence-electron chi connectivity index (χ2n) is 8.69. The highest BCUT2D eigenvalue weighted by atomic mass is 127. The zero-order chi connectivity index (χ0) is 23.2. The van der Waals surface area contributed by atoms with Crippen molar-refractivity contribution in [2.75, 3.05) is 0 Å². The van der Waals surface area contributed by atoms with E-state index in [1.54, 1.807) is 0 Å². The van der Waals surface area contributed by atoms with Gasteiger partial charge in [-0.2, -0.15) is 0 Å². The zero-order valence-corrected chi connectivity index (χ0v) is 21.2. The maximum absolute atomic E-state index is 2.41. The maximum atomic E-state index is 2.41. The van der Waals surface area contributed by atoms with E-state index >= 15 is 0 Å².